The number of hydrogen-bond acceptors (Lipinski definition) is 13. The Bertz CT molecular complexity index is 2110. The molecule has 2 fully saturated rings. The van der Waals surface area contributed by atoms with E-state index in [1.54, 1.807) is 44.4 Å². The molecule has 5 rings (SSSR count). The molecule has 1 aliphatic carbocycles. The van der Waals surface area contributed by atoms with Crippen LogP contribution < -0.4 is 33.2 Å². The number of benzene rings is 3. The summed E-state index contributed by atoms with van der Waals surface area (Å²) in [7, 11) is 8.53. The molecule has 3 aromatic carbocycles. The molecule has 16 nitrogen and oxygen atoms in total. The van der Waals surface area contributed by atoms with E-state index in [0.717, 1.165) is 55.2 Å². The number of aliphatic imine (C=N–C) groups is 2. The molecule has 1 saturated heterocycles. The number of para-hydroxylation sites is 1. The number of likely N-dealkylation sites (N-methyl/N-ethyl adjacent to an activating group) is 2. The number of rotatable bonds is 20. The third-order valence-electron chi connectivity index (χ3n) is 11.2. The molecule has 1 unspecified atom stereocenters. The summed E-state index contributed by atoms with van der Waals surface area (Å²) in [6, 6.07) is 20.8. The first-order chi connectivity index (χ1) is 34.1. The highest BCUT2D eigenvalue weighted by molar-refractivity contribution is 6.45. The number of amidine groups is 1. The third kappa shape index (κ3) is 23.6. The quantitative estimate of drug-likeness (QED) is 0.0244. The monoisotopic (exact) mass is 985 g/mol. The van der Waals surface area contributed by atoms with Crippen LogP contribution in [0.5, 0.6) is 0 Å². The highest BCUT2D eigenvalue weighted by Gasteiger charge is 2.24. The van der Waals surface area contributed by atoms with Gasteiger partial charge in [0.1, 0.15) is 17.6 Å². The van der Waals surface area contributed by atoms with Gasteiger partial charge in [0.2, 0.25) is 12.3 Å². The van der Waals surface area contributed by atoms with Gasteiger partial charge in [-0.2, -0.15) is 0 Å². The SMILES string of the molecule is C=N/C=C(/Cl)C(=Nc1ccccc1C=O)Nc1ccc(C2CCN(C)CC2)cc1.CN.CN.CNC(=O)C(CCC=O)N(C)Cc1c(C#CCCOCCN)cccc1C=O.O=CNC1CCCCC1. The van der Waals surface area contributed by atoms with Gasteiger partial charge in [-0.3, -0.25) is 29.1 Å². The molecule has 3 aromatic rings. The fourth-order valence-corrected chi connectivity index (χ4v) is 7.71. The Hall–Kier alpha value is -5.90. The second kappa shape index (κ2) is 38.9. The summed E-state index contributed by atoms with van der Waals surface area (Å²) in [4.78, 5) is 68.2. The second-order valence-corrected chi connectivity index (χ2v) is 16.4. The van der Waals surface area contributed by atoms with Crippen LogP contribution in [0, 0.1) is 11.8 Å². The van der Waals surface area contributed by atoms with Crippen LogP contribution in [0.3, 0.4) is 0 Å². The van der Waals surface area contributed by atoms with E-state index < -0.39 is 6.04 Å². The van der Waals surface area contributed by atoms with Gasteiger partial charge < -0.3 is 47.6 Å². The fraction of sp³-hybridized carbons (Fsp3) is 0.453. The van der Waals surface area contributed by atoms with Crippen LogP contribution in [0.2, 0.25) is 0 Å². The number of hydrogen-bond donors (Lipinski definition) is 6. The number of amides is 2. The molecule has 1 saturated carbocycles. The summed E-state index contributed by atoms with van der Waals surface area (Å²) in [5.41, 5.74) is 19.6. The highest BCUT2D eigenvalue weighted by Crippen LogP contribution is 2.29. The average Bonchev–Trinajstić information content (AvgIpc) is 3.40. The Morgan fingerprint density at radius 3 is 2.19 bits per heavy atom. The van der Waals surface area contributed by atoms with Crippen LogP contribution >= 0.6 is 11.6 Å². The van der Waals surface area contributed by atoms with Crippen LogP contribution in [-0.2, 0) is 25.7 Å². The van der Waals surface area contributed by atoms with Crippen molar-refractivity contribution in [3.63, 3.8) is 0 Å². The largest absolute Gasteiger partial charge is 0.379 e. The predicted octanol–water partition coefficient (Wildman–Crippen LogP) is 6.19. The summed E-state index contributed by atoms with van der Waals surface area (Å²) in [5.74, 6) is 6.97. The van der Waals surface area contributed by atoms with Crippen molar-refractivity contribution in [3.05, 3.63) is 106 Å². The zero-order chi connectivity index (χ0) is 51.9. The van der Waals surface area contributed by atoms with Crippen molar-refractivity contribution >= 4 is 66.7 Å². The van der Waals surface area contributed by atoms with Gasteiger partial charge in [-0.1, -0.05) is 79.1 Å². The van der Waals surface area contributed by atoms with Crippen LogP contribution in [-0.4, -0.2) is 134 Å². The van der Waals surface area contributed by atoms with Crippen molar-refractivity contribution in [3.8, 4) is 11.8 Å². The van der Waals surface area contributed by atoms with Gasteiger partial charge in [0.25, 0.3) is 0 Å². The first-order valence-electron chi connectivity index (χ1n) is 23.7. The lowest BCUT2D eigenvalue weighted by molar-refractivity contribution is -0.126. The topological polar surface area (TPSA) is 240 Å². The highest BCUT2D eigenvalue weighted by atomic mass is 35.5. The van der Waals surface area contributed by atoms with E-state index in [0.29, 0.717) is 78.8 Å². The number of nitrogens with one attached hydrogen (secondary N) is 3. The number of nitrogens with two attached hydrogens (primary N) is 3. The maximum Gasteiger partial charge on any atom is 0.237 e. The lowest BCUT2D eigenvalue weighted by Crippen LogP contribution is -2.43. The molecule has 9 N–H and O–H groups in total. The van der Waals surface area contributed by atoms with Gasteiger partial charge in [-0.05, 0) is 127 Å². The number of nitrogens with zero attached hydrogens (tertiary/aromatic N) is 4. The Balaban J connectivity index is 0.000000560. The molecule has 2 amide bonds. The number of piperidine rings is 1. The van der Waals surface area contributed by atoms with Crippen molar-refractivity contribution in [1.29, 1.82) is 0 Å². The number of halogens is 1. The molecule has 0 radical (unpaired) electrons. The number of aldehydes is 3. The van der Waals surface area contributed by atoms with E-state index in [-0.39, 0.29) is 12.3 Å². The van der Waals surface area contributed by atoms with Crippen LogP contribution in [0.4, 0.5) is 11.4 Å². The lowest BCUT2D eigenvalue weighted by Gasteiger charge is -2.29. The molecule has 1 heterocycles. The third-order valence-corrected chi connectivity index (χ3v) is 11.5. The smallest absolute Gasteiger partial charge is 0.237 e. The predicted molar refractivity (Wildman–Crippen MR) is 286 cm³/mol. The van der Waals surface area contributed by atoms with Gasteiger partial charge in [0.05, 0.1) is 24.9 Å². The number of carbonyl (C=O) groups is 5. The first kappa shape index (κ1) is 62.1. The van der Waals surface area contributed by atoms with Gasteiger partial charge in [0, 0.05) is 67.6 Å². The van der Waals surface area contributed by atoms with Gasteiger partial charge >= 0.3 is 0 Å². The maximum atomic E-state index is 12.2. The zero-order valence-corrected chi connectivity index (χ0v) is 42.6. The molecule has 0 spiro atoms. The van der Waals surface area contributed by atoms with Crippen LogP contribution in [0.15, 0.2) is 87.9 Å². The minimum Gasteiger partial charge on any atom is -0.379 e. The standard InChI is InChI=1S/C23H25ClN4O.C21H29N3O4.C7H13NO.2CH5N/c1-25-15-21(24)23(27-22-6-4-3-5-19(22)16-29)26-20-9-7-17(8-10-20)18-11-13-28(2)14-12-18;1-23-21(27)20(10-6-12-25)24(2)15-19-17(8-5-9-18(19)16-26)7-3-4-13-28-14-11-22;9-6-8-7-4-2-1-3-5-7;2*1-2/h3-10,15-16,18H,1,11-14H2,2H3,(H,26,27);5,8-9,12,16,20H,4,6,10-11,13-15,22H2,1-2H3,(H,23,27);6-7H,1-5H2,(H,8,9);2*2H2,1H3/b21-15+;;;;. The zero-order valence-electron chi connectivity index (χ0n) is 41.8. The Morgan fingerprint density at radius 1 is 0.929 bits per heavy atom. The molecule has 70 heavy (non-hydrogen) atoms. The van der Waals surface area contributed by atoms with Crippen LogP contribution in [0.25, 0.3) is 0 Å². The number of likely N-dealkylation sites (tertiary alicyclic amines) is 1. The summed E-state index contributed by atoms with van der Waals surface area (Å²) in [5, 5.41) is 8.97. The molecule has 382 valence electrons. The van der Waals surface area contributed by atoms with E-state index in [1.807, 2.05) is 29.2 Å². The molecule has 2 aliphatic rings. The van der Waals surface area contributed by atoms with E-state index in [1.165, 1.54) is 70.8 Å². The van der Waals surface area contributed by atoms with Gasteiger partial charge in [-0.25, -0.2) is 4.99 Å². The molecular weight excluding hydrogens is 908 g/mol. The number of anilines is 1. The van der Waals surface area contributed by atoms with E-state index in [4.69, 9.17) is 22.1 Å². The molecule has 1 aliphatic heterocycles. The van der Waals surface area contributed by atoms with E-state index >= 15 is 0 Å². The van der Waals surface area contributed by atoms with E-state index in [9.17, 15) is 24.0 Å². The Kier molecular flexibility index (Phi) is 34.5. The summed E-state index contributed by atoms with van der Waals surface area (Å²) in [6.07, 6.45) is 14.5. The number of carbonyl (C=O) groups excluding carboxylic acids is 5. The molecule has 1 atom stereocenters. The van der Waals surface area contributed by atoms with Crippen molar-refractivity contribution < 1.29 is 28.7 Å². The summed E-state index contributed by atoms with van der Waals surface area (Å²) in [6.45, 7) is 7.54. The molecular formula is C53H77ClN10O6. The Labute approximate surface area is 421 Å². The lowest BCUT2D eigenvalue weighted by atomic mass is 9.89. The van der Waals surface area contributed by atoms with Crippen LogP contribution in [0.1, 0.15) is 108 Å². The second-order valence-electron chi connectivity index (χ2n) is 16.0. The first-order valence-corrected chi connectivity index (χ1v) is 24.0. The van der Waals surface area contributed by atoms with Crippen molar-refractivity contribution in [2.75, 3.05) is 73.4 Å². The minimum absolute atomic E-state index is 0.169. The summed E-state index contributed by atoms with van der Waals surface area (Å²) >= 11 is 6.35. The minimum atomic E-state index is -0.472. The average molecular weight is 986 g/mol. The van der Waals surface area contributed by atoms with Crippen molar-refractivity contribution in [2.24, 2.45) is 27.2 Å². The van der Waals surface area contributed by atoms with Crippen molar-refractivity contribution in [2.45, 2.75) is 88.8 Å². The van der Waals surface area contributed by atoms with Crippen molar-refractivity contribution in [1.82, 2.24) is 20.4 Å². The van der Waals surface area contributed by atoms with E-state index in [2.05, 4.69) is 80.0 Å². The molecule has 0 bridgehead atoms. The van der Waals surface area contributed by atoms with Gasteiger partial charge in [0.15, 0.2) is 12.1 Å². The maximum absolute atomic E-state index is 12.2. The normalized spacial score (nSPS) is 14.3. The van der Waals surface area contributed by atoms with Gasteiger partial charge in [-0.15, -0.1) is 0 Å². The fourth-order valence-electron chi connectivity index (χ4n) is 7.55. The molecule has 0 aromatic heterocycles. The Morgan fingerprint density at radius 2 is 1.59 bits per heavy atom. The summed E-state index contributed by atoms with van der Waals surface area (Å²) < 4.78 is 5.30. The molecule has 17 heteroatoms. The number of ether oxygens (including phenoxy) is 1.